The minimum absolute atomic E-state index is 0.114. The van der Waals surface area contributed by atoms with Gasteiger partial charge >= 0.3 is 0 Å². The summed E-state index contributed by atoms with van der Waals surface area (Å²) in [6.07, 6.45) is 6.88. The molecule has 0 aromatic heterocycles. The van der Waals surface area contributed by atoms with Gasteiger partial charge in [-0.1, -0.05) is 12.8 Å². The Morgan fingerprint density at radius 1 is 1.23 bits per heavy atom. The molecule has 3 rings (SSSR count). The van der Waals surface area contributed by atoms with E-state index in [1.54, 1.807) is 7.11 Å². The van der Waals surface area contributed by atoms with E-state index in [0.717, 1.165) is 58.6 Å². The highest BCUT2D eigenvalue weighted by atomic mass is 16.5. The molecule has 1 saturated carbocycles. The maximum Gasteiger partial charge on any atom is 0.227 e. The van der Waals surface area contributed by atoms with Crippen LogP contribution < -0.4 is 16.0 Å². The van der Waals surface area contributed by atoms with E-state index < -0.39 is 0 Å². The normalized spacial score (nSPS) is 34.1. The second kappa shape index (κ2) is 6.85. The highest BCUT2D eigenvalue weighted by Crippen LogP contribution is 2.44. The van der Waals surface area contributed by atoms with Crippen LogP contribution in [0.2, 0.25) is 0 Å². The molecule has 5 heteroatoms. The number of methoxy groups -OCH3 is 1. The van der Waals surface area contributed by atoms with E-state index in [4.69, 9.17) is 4.74 Å². The van der Waals surface area contributed by atoms with Gasteiger partial charge in [-0.2, -0.15) is 0 Å². The van der Waals surface area contributed by atoms with Crippen LogP contribution in [0.1, 0.15) is 38.5 Å². The zero-order chi connectivity index (χ0) is 15.5. The molecule has 126 valence electrons. The maximum atomic E-state index is 13.0. The Balaban J connectivity index is 1.63. The van der Waals surface area contributed by atoms with E-state index in [1.807, 2.05) is 0 Å². The smallest absolute Gasteiger partial charge is 0.227 e. The topological polar surface area (TPSA) is 62.4 Å². The van der Waals surface area contributed by atoms with Gasteiger partial charge in [-0.25, -0.2) is 0 Å². The number of fused-ring (bicyclic) bond motifs is 1. The number of amides is 1. The van der Waals surface area contributed by atoms with Gasteiger partial charge in [0.2, 0.25) is 5.91 Å². The van der Waals surface area contributed by atoms with Crippen molar-refractivity contribution < 1.29 is 9.53 Å². The minimum atomic E-state index is -0.139. The van der Waals surface area contributed by atoms with Crippen molar-refractivity contribution >= 4 is 5.91 Å². The Morgan fingerprint density at radius 3 is 2.82 bits per heavy atom. The van der Waals surface area contributed by atoms with Gasteiger partial charge in [-0.05, 0) is 51.2 Å². The van der Waals surface area contributed by atoms with Gasteiger partial charge < -0.3 is 20.7 Å². The number of rotatable bonds is 5. The molecule has 0 aromatic carbocycles. The van der Waals surface area contributed by atoms with Crippen LogP contribution in [-0.2, 0) is 9.53 Å². The largest absolute Gasteiger partial charge is 0.384 e. The van der Waals surface area contributed by atoms with Gasteiger partial charge in [0.15, 0.2) is 0 Å². The number of nitrogens with one attached hydrogen (secondary N) is 3. The summed E-state index contributed by atoms with van der Waals surface area (Å²) < 4.78 is 5.46. The lowest BCUT2D eigenvalue weighted by Gasteiger charge is -2.40. The second-order valence-electron chi connectivity index (χ2n) is 7.60. The lowest BCUT2D eigenvalue weighted by atomic mass is 9.67. The van der Waals surface area contributed by atoms with Crippen LogP contribution in [0, 0.1) is 16.7 Å². The molecular weight excluding hydrogens is 278 g/mol. The molecule has 0 bridgehead atoms. The zero-order valence-electron chi connectivity index (χ0n) is 13.9. The molecule has 0 spiro atoms. The highest BCUT2D eigenvalue weighted by molar-refractivity contribution is 5.84. The van der Waals surface area contributed by atoms with E-state index in [0.29, 0.717) is 5.92 Å². The summed E-state index contributed by atoms with van der Waals surface area (Å²) in [7, 11) is 1.77. The van der Waals surface area contributed by atoms with Crippen molar-refractivity contribution in [3.8, 4) is 0 Å². The van der Waals surface area contributed by atoms with E-state index in [-0.39, 0.29) is 16.7 Å². The predicted molar refractivity (Wildman–Crippen MR) is 86.7 cm³/mol. The van der Waals surface area contributed by atoms with Crippen molar-refractivity contribution in [2.75, 3.05) is 46.4 Å². The number of ether oxygens (including phenoxy) is 1. The van der Waals surface area contributed by atoms with Gasteiger partial charge in [0.25, 0.3) is 0 Å². The highest BCUT2D eigenvalue weighted by Gasteiger charge is 2.50. The maximum absolute atomic E-state index is 13.0. The molecule has 1 aliphatic carbocycles. The third-order valence-electron chi connectivity index (χ3n) is 6.23. The summed E-state index contributed by atoms with van der Waals surface area (Å²) in [5.41, 5.74) is -0.0259. The molecule has 2 atom stereocenters. The fourth-order valence-corrected chi connectivity index (χ4v) is 4.77. The molecule has 3 N–H and O–H groups in total. The summed E-state index contributed by atoms with van der Waals surface area (Å²) >= 11 is 0. The lowest BCUT2D eigenvalue weighted by Crippen LogP contribution is -2.53. The van der Waals surface area contributed by atoms with Gasteiger partial charge in [-0.3, -0.25) is 4.79 Å². The van der Waals surface area contributed by atoms with Gasteiger partial charge in [0.05, 0.1) is 12.0 Å². The molecule has 3 fully saturated rings. The van der Waals surface area contributed by atoms with E-state index >= 15 is 0 Å². The lowest BCUT2D eigenvalue weighted by molar-refractivity contribution is -0.135. The fourth-order valence-electron chi connectivity index (χ4n) is 4.77. The summed E-state index contributed by atoms with van der Waals surface area (Å²) in [5.74, 6) is 0.823. The minimum Gasteiger partial charge on any atom is -0.384 e. The number of carbonyl (C=O) groups excluding carboxylic acids is 1. The van der Waals surface area contributed by atoms with Crippen LogP contribution in [0.4, 0.5) is 0 Å². The Bertz CT molecular complexity index is 390. The summed E-state index contributed by atoms with van der Waals surface area (Å²) in [6, 6.07) is 0. The number of hydrogen-bond acceptors (Lipinski definition) is 4. The number of carbonyl (C=O) groups is 1. The average molecular weight is 309 g/mol. The molecule has 2 heterocycles. The first-order valence-corrected chi connectivity index (χ1v) is 8.90. The number of hydrogen-bond donors (Lipinski definition) is 3. The van der Waals surface area contributed by atoms with Crippen LogP contribution >= 0.6 is 0 Å². The van der Waals surface area contributed by atoms with Gasteiger partial charge in [-0.15, -0.1) is 0 Å². The van der Waals surface area contributed by atoms with Crippen LogP contribution in [0.25, 0.3) is 0 Å². The molecule has 5 nitrogen and oxygen atoms in total. The van der Waals surface area contributed by atoms with E-state index in [9.17, 15) is 4.79 Å². The van der Waals surface area contributed by atoms with Crippen molar-refractivity contribution in [1.82, 2.24) is 16.0 Å². The van der Waals surface area contributed by atoms with Crippen LogP contribution in [-0.4, -0.2) is 52.3 Å². The van der Waals surface area contributed by atoms with Crippen LogP contribution in [0.3, 0.4) is 0 Å². The third kappa shape index (κ3) is 3.03. The third-order valence-corrected chi connectivity index (χ3v) is 6.23. The molecule has 2 aliphatic heterocycles. The van der Waals surface area contributed by atoms with Crippen molar-refractivity contribution in [3.05, 3.63) is 0 Å². The Hall–Kier alpha value is -0.650. The van der Waals surface area contributed by atoms with Crippen LogP contribution in [0.5, 0.6) is 0 Å². The van der Waals surface area contributed by atoms with E-state index in [1.165, 1.54) is 19.3 Å². The molecule has 0 aromatic rings. The van der Waals surface area contributed by atoms with Crippen molar-refractivity contribution in [2.24, 2.45) is 16.7 Å². The van der Waals surface area contributed by atoms with Crippen molar-refractivity contribution in [3.63, 3.8) is 0 Å². The van der Waals surface area contributed by atoms with Crippen molar-refractivity contribution in [1.29, 1.82) is 0 Å². The summed E-state index contributed by atoms with van der Waals surface area (Å²) in [6.45, 7) is 5.42. The van der Waals surface area contributed by atoms with E-state index in [2.05, 4.69) is 16.0 Å². The standard InChI is InChI=1S/C17H31N3O2/c1-22-13-16(6-8-18-9-7-16)11-20-15(21)17-5-3-2-4-14(17)10-19-12-17/h14,18-19H,2-13H2,1H3,(H,20,21)/t14-,17+/m0/s1. The SMILES string of the molecule is COCC1(CNC(=O)[C@@]23CCCC[C@H]2CNC3)CCNCC1. The first-order chi connectivity index (χ1) is 10.7. The molecule has 0 unspecified atom stereocenters. The Morgan fingerprint density at radius 2 is 2.05 bits per heavy atom. The van der Waals surface area contributed by atoms with Crippen molar-refractivity contribution in [2.45, 2.75) is 38.5 Å². The number of piperidine rings is 1. The Labute approximate surface area is 133 Å². The molecule has 3 aliphatic rings. The Kier molecular flexibility index (Phi) is 5.05. The second-order valence-corrected chi connectivity index (χ2v) is 7.60. The quantitative estimate of drug-likeness (QED) is 0.706. The average Bonchev–Trinajstić information content (AvgIpc) is 2.99. The van der Waals surface area contributed by atoms with Gasteiger partial charge in [0.1, 0.15) is 0 Å². The molecule has 2 saturated heterocycles. The first-order valence-electron chi connectivity index (χ1n) is 8.90. The summed E-state index contributed by atoms with van der Waals surface area (Å²) in [5, 5.41) is 10.2. The fraction of sp³-hybridized carbons (Fsp3) is 0.941. The molecular formula is C17H31N3O2. The zero-order valence-corrected chi connectivity index (χ0v) is 13.9. The molecule has 1 amide bonds. The predicted octanol–water partition coefficient (Wildman–Crippen LogP) is 0.899. The molecule has 0 radical (unpaired) electrons. The first kappa shape index (κ1) is 16.2. The monoisotopic (exact) mass is 309 g/mol. The van der Waals surface area contributed by atoms with Gasteiger partial charge in [0, 0.05) is 25.6 Å². The van der Waals surface area contributed by atoms with Crippen LogP contribution in [0.15, 0.2) is 0 Å². The molecule has 22 heavy (non-hydrogen) atoms. The summed E-state index contributed by atoms with van der Waals surface area (Å²) in [4.78, 5) is 13.0.